The molecule has 0 aliphatic carbocycles. The molecule has 86 valence electrons. The Morgan fingerprint density at radius 3 is 2.00 bits per heavy atom. The maximum absolute atomic E-state index is 14.0. The van der Waals surface area contributed by atoms with Crippen LogP contribution in [0.5, 0.6) is 0 Å². The number of allylic oxidation sites excluding steroid dienone is 1. The maximum atomic E-state index is 14.0. The minimum atomic E-state index is -0.151. The largest absolute Gasteiger partial charge is 0.199 e. The van der Waals surface area contributed by atoms with Crippen molar-refractivity contribution in [2.75, 3.05) is 0 Å². The first-order chi connectivity index (χ1) is 8.27. The van der Waals surface area contributed by atoms with Gasteiger partial charge in [0.1, 0.15) is 0 Å². The standard InChI is InChI=1S/C15H13FS/c1-12(13-8-4-2-5-9-13)15(16)17-14-10-6-3-7-11-14/h2-11H,1H3/b15-12+. The molecule has 0 aliphatic rings. The molecule has 0 radical (unpaired) electrons. The van der Waals surface area contributed by atoms with Gasteiger partial charge in [-0.05, 0) is 30.2 Å². The normalized spacial score (nSPS) is 12.1. The molecule has 2 rings (SSSR count). The molecule has 0 bridgehead atoms. The highest BCUT2D eigenvalue weighted by Crippen LogP contribution is 2.33. The number of halogens is 1. The summed E-state index contributed by atoms with van der Waals surface area (Å²) in [6, 6.07) is 19.2. The highest BCUT2D eigenvalue weighted by molar-refractivity contribution is 8.03. The van der Waals surface area contributed by atoms with Crippen LogP contribution < -0.4 is 0 Å². The highest BCUT2D eigenvalue weighted by atomic mass is 32.2. The van der Waals surface area contributed by atoms with Gasteiger partial charge in [-0.3, -0.25) is 0 Å². The molecular formula is C15H13FS. The molecule has 0 amide bonds. The number of hydrogen-bond donors (Lipinski definition) is 0. The molecule has 2 aromatic rings. The third kappa shape index (κ3) is 3.21. The molecule has 2 heteroatoms. The van der Waals surface area contributed by atoms with Crippen molar-refractivity contribution in [3.63, 3.8) is 0 Å². The van der Waals surface area contributed by atoms with Crippen LogP contribution in [0, 0.1) is 0 Å². The van der Waals surface area contributed by atoms with E-state index in [4.69, 9.17) is 0 Å². The predicted octanol–water partition coefficient (Wildman–Crippen LogP) is 5.14. The van der Waals surface area contributed by atoms with Crippen LogP contribution in [0.3, 0.4) is 0 Å². The van der Waals surface area contributed by atoms with E-state index in [1.54, 1.807) is 6.92 Å². The first-order valence-electron chi connectivity index (χ1n) is 5.42. The van der Waals surface area contributed by atoms with Crippen LogP contribution in [0.2, 0.25) is 0 Å². The summed E-state index contributed by atoms with van der Waals surface area (Å²) < 4.78 is 14.0. The average Bonchev–Trinajstić information content (AvgIpc) is 2.40. The van der Waals surface area contributed by atoms with Crippen LogP contribution >= 0.6 is 11.8 Å². The van der Waals surface area contributed by atoms with Gasteiger partial charge >= 0.3 is 0 Å². The number of benzene rings is 2. The van der Waals surface area contributed by atoms with Gasteiger partial charge in [-0.15, -0.1) is 0 Å². The average molecular weight is 244 g/mol. The minimum Gasteiger partial charge on any atom is -0.199 e. The van der Waals surface area contributed by atoms with E-state index in [9.17, 15) is 4.39 Å². The molecule has 0 N–H and O–H groups in total. The second-order valence-electron chi connectivity index (χ2n) is 3.68. The number of hydrogen-bond acceptors (Lipinski definition) is 1. The molecule has 0 aromatic heterocycles. The zero-order chi connectivity index (χ0) is 12.1. The summed E-state index contributed by atoms with van der Waals surface area (Å²) in [7, 11) is 0. The molecular weight excluding hydrogens is 231 g/mol. The van der Waals surface area contributed by atoms with E-state index in [1.165, 1.54) is 0 Å². The van der Waals surface area contributed by atoms with Gasteiger partial charge in [0.2, 0.25) is 0 Å². The van der Waals surface area contributed by atoms with Crippen molar-refractivity contribution in [2.24, 2.45) is 0 Å². The van der Waals surface area contributed by atoms with Crippen LogP contribution in [0.15, 0.2) is 70.7 Å². The van der Waals surface area contributed by atoms with E-state index in [0.29, 0.717) is 5.57 Å². The molecule has 0 atom stereocenters. The van der Waals surface area contributed by atoms with Gasteiger partial charge < -0.3 is 0 Å². The van der Waals surface area contributed by atoms with Crippen molar-refractivity contribution in [3.05, 3.63) is 71.4 Å². The van der Waals surface area contributed by atoms with E-state index >= 15 is 0 Å². The molecule has 17 heavy (non-hydrogen) atoms. The Bertz CT molecular complexity index is 503. The van der Waals surface area contributed by atoms with Crippen LogP contribution in [0.25, 0.3) is 5.57 Å². The molecule has 0 nitrogen and oxygen atoms in total. The van der Waals surface area contributed by atoms with Gasteiger partial charge in [-0.1, -0.05) is 60.3 Å². The topological polar surface area (TPSA) is 0 Å². The summed E-state index contributed by atoms with van der Waals surface area (Å²) >= 11 is 1.16. The fourth-order valence-corrected chi connectivity index (χ4v) is 2.24. The molecule has 0 aliphatic heterocycles. The van der Waals surface area contributed by atoms with Gasteiger partial charge in [-0.25, -0.2) is 0 Å². The summed E-state index contributed by atoms with van der Waals surface area (Å²) in [4.78, 5) is 0.917. The lowest BCUT2D eigenvalue weighted by Crippen LogP contribution is -1.81. The van der Waals surface area contributed by atoms with Crippen molar-refractivity contribution >= 4 is 17.3 Å². The van der Waals surface area contributed by atoms with Crippen molar-refractivity contribution in [1.29, 1.82) is 0 Å². The van der Waals surface area contributed by atoms with E-state index in [1.807, 2.05) is 60.7 Å². The molecule has 0 heterocycles. The summed E-state index contributed by atoms with van der Waals surface area (Å²) in [5.41, 5.74) is 1.60. The van der Waals surface area contributed by atoms with E-state index in [2.05, 4.69) is 0 Å². The smallest absolute Gasteiger partial charge is 0.164 e. The fourth-order valence-electron chi connectivity index (χ4n) is 1.47. The van der Waals surface area contributed by atoms with E-state index in [0.717, 1.165) is 22.2 Å². The quantitative estimate of drug-likeness (QED) is 0.674. The monoisotopic (exact) mass is 244 g/mol. The second kappa shape index (κ2) is 5.69. The van der Waals surface area contributed by atoms with Gasteiger partial charge in [0.25, 0.3) is 0 Å². The second-order valence-corrected chi connectivity index (χ2v) is 4.71. The van der Waals surface area contributed by atoms with Gasteiger partial charge in [0, 0.05) is 4.90 Å². The fraction of sp³-hybridized carbons (Fsp3) is 0.0667. The Morgan fingerprint density at radius 1 is 0.882 bits per heavy atom. The number of thioether (sulfide) groups is 1. The Labute approximate surface area is 105 Å². The van der Waals surface area contributed by atoms with E-state index in [-0.39, 0.29) is 5.16 Å². The predicted molar refractivity (Wildman–Crippen MR) is 72.4 cm³/mol. The first-order valence-corrected chi connectivity index (χ1v) is 6.24. The SMILES string of the molecule is C/C(=C(/F)Sc1ccccc1)c1ccccc1. The lowest BCUT2D eigenvalue weighted by atomic mass is 10.1. The van der Waals surface area contributed by atoms with Crippen LogP contribution in [-0.4, -0.2) is 0 Å². The third-order valence-corrected chi connectivity index (χ3v) is 3.45. The summed E-state index contributed by atoms with van der Waals surface area (Å²) in [5.74, 6) is 0. The van der Waals surface area contributed by atoms with Crippen molar-refractivity contribution in [1.82, 2.24) is 0 Å². The Kier molecular flexibility index (Phi) is 3.99. The van der Waals surface area contributed by atoms with Gasteiger partial charge in [0.05, 0.1) is 0 Å². The zero-order valence-electron chi connectivity index (χ0n) is 9.56. The van der Waals surface area contributed by atoms with E-state index < -0.39 is 0 Å². The Hall–Kier alpha value is -1.54. The molecule has 0 saturated carbocycles. The van der Waals surface area contributed by atoms with Crippen molar-refractivity contribution < 1.29 is 4.39 Å². The summed E-state index contributed by atoms with van der Waals surface area (Å²) in [6.07, 6.45) is 0. The lowest BCUT2D eigenvalue weighted by Gasteiger charge is -2.04. The van der Waals surface area contributed by atoms with Crippen molar-refractivity contribution in [2.45, 2.75) is 11.8 Å². The van der Waals surface area contributed by atoms with Crippen LogP contribution in [0.1, 0.15) is 12.5 Å². The summed E-state index contributed by atoms with van der Waals surface area (Å²) in [5, 5.41) is -0.151. The van der Waals surface area contributed by atoms with Crippen LogP contribution in [0.4, 0.5) is 4.39 Å². The van der Waals surface area contributed by atoms with Gasteiger partial charge in [-0.2, -0.15) is 4.39 Å². The summed E-state index contributed by atoms with van der Waals surface area (Å²) in [6.45, 7) is 1.81. The lowest BCUT2D eigenvalue weighted by molar-refractivity contribution is 0.701. The van der Waals surface area contributed by atoms with Crippen LogP contribution in [-0.2, 0) is 0 Å². The minimum absolute atomic E-state index is 0.151. The molecule has 0 unspecified atom stereocenters. The number of rotatable bonds is 3. The zero-order valence-corrected chi connectivity index (χ0v) is 10.4. The third-order valence-electron chi connectivity index (χ3n) is 2.45. The first kappa shape index (κ1) is 11.9. The Balaban J connectivity index is 2.22. The van der Waals surface area contributed by atoms with Crippen molar-refractivity contribution in [3.8, 4) is 0 Å². The maximum Gasteiger partial charge on any atom is 0.164 e. The van der Waals surface area contributed by atoms with Gasteiger partial charge in [0.15, 0.2) is 5.16 Å². The molecule has 0 spiro atoms. The highest BCUT2D eigenvalue weighted by Gasteiger charge is 2.05. The molecule has 0 fully saturated rings. The Morgan fingerprint density at radius 2 is 1.41 bits per heavy atom. The molecule has 2 aromatic carbocycles. The molecule has 0 saturated heterocycles.